The van der Waals surface area contributed by atoms with Crippen molar-refractivity contribution in [3.8, 4) is 0 Å². The molecule has 0 bridgehead atoms. The van der Waals surface area contributed by atoms with Gasteiger partial charge in [0.15, 0.2) is 0 Å². The molecule has 3 heteroatoms. The zero-order valence-electron chi connectivity index (χ0n) is 9.50. The van der Waals surface area contributed by atoms with Gasteiger partial charge >= 0.3 is 0 Å². The number of primary amides is 1. The third kappa shape index (κ3) is 2.98. The Morgan fingerprint density at radius 1 is 1.47 bits per heavy atom. The van der Waals surface area contributed by atoms with Crippen LogP contribution in [0.5, 0.6) is 0 Å². The van der Waals surface area contributed by atoms with Gasteiger partial charge in [0.1, 0.15) is 6.04 Å². The number of rotatable bonds is 4. The average molecular weight is 206 g/mol. The van der Waals surface area contributed by atoms with E-state index in [0.29, 0.717) is 6.42 Å². The molecule has 0 aliphatic rings. The van der Waals surface area contributed by atoms with Gasteiger partial charge in [-0.1, -0.05) is 24.6 Å². The van der Waals surface area contributed by atoms with Gasteiger partial charge < -0.3 is 11.1 Å². The molecule has 0 saturated heterocycles. The van der Waals surface area contributed by atoms with Crippen LogP contribution in [0.25, 0.3) is 0 Å². The quantitative estimate of drug-likeness (QED) is 0.791. The first-order chi connectivity index (χ1) is 7.04. The highest BCUT2D eigenvalue weighted by Crippen LogP contribution is 2.17. The van der Waals surface area contributed by atoms with Crippen LogP contribution in [0, 0.1) is 13.8 Å². The number of hydrogen-bond acceptors (Lipinski definition) is 2. The zero-order chi connectivity index (χ0) is 11.4. The van der Waals surface area contributed by atoms with Gasteiger partial charge in [-0.25, -0.2) is 0 Å². The van der Waals surface area contributed by atoms with Gasteiger partial charge in [-0.3, -0.25) is 4.79 Å². The van der Waals surface area contributed by atoms with Crippen molar-refractivity contribution in [1.29, 1.82) is 0 Å². The molecule has 1 aromatic rings. The maximum Gasteiger partial charge on any atom is 0.239 e. The van der Waals surface area contributed by atoms with Crippen LogP contribution in [0.4, 0.5) is 5.69 Å². The van der Waals surface area contributed by atoms with Gasteiger partial charge in [0.25, 0.3) is 0 Å². The number of carbonyl (C=O) groups is 1. The molecule has 0 aliphatic heterocycles. The molecular formula is C12H18N2O. The predicted octanol–water partition coefficient (Wildman–Crippen LogP) is 1.98. The second kappa shape index (κ2) is 4.82. The Bertz CT molecular complexity index is 361. The highest BCUT2D eigenvalue weighted by atomic mass is 16.1. The number of anilines is 1. The summed E-state index contributed by atoms with van der Waals surface area (Å²) in [7, 11) is 0. The highest BCUT2D eigenvalue weighted by Gasteiger charge is 2.12. The zero-order valence-corrected chi connectivity index (χ0v) is 9.50. The van der Waals surface area contributed by atoms with Crippen molar-refractivity contribution in [1.82, 2.24) is 0 Å². The third-order valence-electron chi connectivity index (χ3n) is 2.46. The molecule has 0 saturated carbocycles. The summed E-state index contributed by atoms with van der Waals surface area (Å²) < 4.78 is 0. The smallest absolute Gasteiger partial charge is 0.239 e. The molecule has 0 fully saturated rings. The number of aryl methyl sites for hydroxylation is 2. The molecule has 0 spiro atoms. The van der Waals surface area contributed by atoms with Crippen molar-refractivity contribution >= 4 is 11.6 Å². The van der Waals surface area contributed by atoms with E-state index in [9.17, 15) is 4.79 Å². The van der Waals surface area contributed by atoms with Gasteiger partial charge in [0, 0.05) is 5.69 Å². The number of amides is 1. The molecule has 0 heterocycles. The summed E-state index contributed by atoms with van der Waals surface area (Å²) in [5.41, 5.74) is 8.60. The summed E-state index contributed by atoms with van der Waals surface area (Å²) in [5.74, 6) is -0.308. The summed E-state index contributed by atoms with van der Waals surface area (Å²) in [6.07, 6.45) is 0.697. The first-order valence-corrected chi connectivity index (χ1v) is 5.17. The lowest BCUT2D eigenvalue weighted by Gasteiger charge is -2.16. The highest BCUT2D eigenvalue weighted by molar-refractivity contribution is 5.83. The fourth-order valence-electron chi connectivity index (χ4n) is 1.54. The largest absolute Gasteiger partial charge is 0.373 e. The van der Waals surface area contributed by atoms with Crippen LogP contribution in [0.1, 0.15) is 24.5 Å². The van der Waals surface area contributed by atoms with Crippen LogP contribution in [0.15, 0.2) is 18.2 Å². The Hall–Kier alpha value is -1.51. The summed E-state index contributed by atoms with van der Waals surface area (Å²) in [6.45, 7) is 6.00. The number of nitrogens with two attached hydrogens (primary N) is 1. The van der Waals surface area contributed by atoms with Crippen molar-refractivity contribution in [3.63, 3.8) is 0 Å². The van der Waals surface area contributed by atoms with E-state index >= 15 is 0 Å². The molecule has 0 radical (unpaired) electrons. The number of nitrogens with one attached hydrogen (secondary N) is 1. The third-order valence-corrected chi connectivity index (χ3v) is 2.46. The molecule has 3 N–H and O–H groups in total. The Kier molecular flexibility index (Phi) is 3.72. The molecular weight excluding hydrogens is 188 g/mol. The van der Waals surface area contributed by atoms with Crippen molar-refractivity contribution in [3.05, 3.63) is 29.3 Å². The Morgan fingerprint density at radius 3 is 2.60 bits per heavy atom. The topological polar surface area (TPSA) is 55.1 Å². The molecule has 1 amide bonds. The molecule has 15 heavy (non-hydrogen) atoms. The first-order valence-electron chi connectivity index (χ1n) is 5.17. The predicted molar refractivity (Wildman–Crippen MR) is 62.8 cm³/mol. The van der Waals surface area contributed by atoms with Crippen LogP contribution < -0.4 is 11.1 Å². The number of benzene rings is 1. The first kappa shape index (κ1) is 11.6. The molecule has 1 aromatic carbocycles. The van der Waals surface area contributed by atoms with Gasteiger partial charge in [0.2, 0.25) is 5.91 Å². The van der Waals surface area contributed by atoms with E-state index in [1.165, 1.54) is 5.56 Å². The minimum absolute atomic E-state index is 0.286. The average Bonchev–Trinajstić information content (AvgIpc) is 2.16. The van der Waals surface area contributed by atoms with Crippen LogP contribution in [0.3, 0.4) is 0 Å². The van der Waals surface area contributed by atoms with Gasteiger partial charge in [-0.15, -0.1) is 0 Å². The summed E-state index contributed by atoms with van der Waals surface area (Å²) in [4.78, 5) is 11.1. The molecule has 0 aromatic heterocycles. The molecule has 0 aliphatic carbocycles. The van der Waals surface area contributed by atoms with Crippen molar-refractivity contribution in [2.75, 3.05) is 5.32 Å². The minimum atomic E-state index is -0.308. The lowest BCUT2D eigenvalue weighted by molar-refractivity contribution is -0.118. The van der Waals surface area contributed by atoms with Crippen LogP contribution >= 0.6 is 0 Å². The fourth-order valence-corrected chi connectivity index (χ4v) is 1.54. The minimum Gasteiger partial charge on any atom is -0.373 e. The Balaban J connectivity index is 2.84. The van der Waals surface area contributed by atoms with Crippen LogP contribution in [0.2, 0.25) is 0 Å². The van der Waals surface area contributed by atoms with E-state index < -0.39 is 0 Å². The standard InChI is InChI=1S/C12H18N2O/c1-4-10(12(13)15)14-11-6-5-8(2)7-9(11)3/h5-7,10,14H,4H2,1-3H3,(H2,13,15). The monoisotopic (exact) mass is 206 g/mol. The molecule has 3 nitrogen and oxygen atoms in total. The van der Waals surface area contributed by atoms with E-state index in [0.717, 1.165) is 11.3 Å². The molecule has 1 atom stereocenters. The summed E-state index contributed by atoms with van der Waals surface area (Å²) in [5, 5.41) is 3.15. The lowest BCUT2D eigenvalue weighted by atomic mass is 10.1. The summed E-state index contributed by atoms with van der Waals surface area (Å²) in [6, 6.07) is 5.79. The van der Waals surface area contributed by atoms with E-state index in [1.54, 1.807) is 0 Å². The van der Waals surface area contributed by atoms with Crippen molar-refractivity contribution < 1.29 is 4.79 Å². The molecule has 1 rings (SSSR count). The SMILES string of the molecule is CCC(Nc1ccc(C)cc1C)C(N)=O. The van der Waals surface area contributed by atoms with Crippen molar-refractivity contribution in [2.45, 2.75) is 33.2 Å². The maximum absolute atomic E-state index is 11.1. The number of hydrogen-bond donors (Lipinski definition) is 2. The van der Waals surface area contributed by atoms with E-state index in [2.05, 4.69) is 11.4 Å². The fraction of sp³-hybridized carbons (Fsp3) is 0.417. The van der Waals surface area contributed by atoms with Crippen molar-refractivity contribution in [2.24, 2.45) is 5.73 Å². The lowest BCUT2D eigenvalue weighted by Crippen LogP contribution is -2.34. The summed E-state index contributed by atoms with van der Waals surface area (Å²) >= 11 is 0. The Labute approximate surface area is 90.7 Å². The van der Waals surface area contributed by atoms with Crippen LogP contribution in [-0.2, 0) is 4.79 Å². The Morgan fingerprint density at radius 2 is 2.13 bits per heavy atom. The second-order valence-electron chi connectivity index (χ2n) is 3.83. The van der Waals surface area contributed by atoms with E-state index in [-0.39, 0.29) is 11.9 Å². The van der Waals surface area contributed by atoms with Gasteiger partial charge in [-0.05, 0) is 31.9 Å². The van der Waals surface area contributed by atoms with Crippen LogP contribution in [-0.4, -0.2) is 11.9 Å². The second-order valence-corrected chi connectivity index (χ2v) is 3.83. The van der Waals surface area contributed by atoms with E-state index in [4.69, 9.17) is 5.73 Å². The normalized spacial score (nSPS) is 12.2. The maximum atomic E-state index is 11.1. The molecule has 82 valence electrons. The van der Waals surface area contributed by atoms with Gasteiger partial charge in [-0.2, -0.15) is 0 Å². The van der Waals surface area contributed by atoms with E-state index in [1.807, 2.05) is 32.9 Å². The molecule has 1 unspecified atom stereocenters. The number of carbonyl (C=O) groups excluding carboxylic acids is 1. The van der Waals surface area contributed by atoms with Gasteiger partial charge in [0.05, 0.1) is 0 Å².